The van der Waals surface area contributed by atoms with Crippen LogP contribution in [0.25, 0.3) is 11.4 Å². The van der Waals surface area contributed by atoms with Crippen molar-refractivity contribution in [2.75, 3.05) is 0 Å². The lowest BCUT2D eigenvalue weighted by molar-refractivity contribution is 0.339. The van der Waals surface area contributed by atoms with E-state index in [1.807, 2.05) is 4.68 Å². The molecule has 100 valence electrons. The van der Waals surface area contributed by atoms with E-state index in [9.17, 15) is 0 Å². The predicted octanol–water partition coefficient (Wildman–Crippen LogP) is 2.40. The Hall–Kier alpha value is -1.68. The summed E-state index contributed by atoms with van der Waals surface area (Å²) in [7, 11) is 0. The van der Waals surface area contributed by atoms with E-state index < -0.39 is 0 Å². The average molecular weight is 256 g/mol. The number of rotatable bonds is 1. The molecule has 2 unspecified atom stereocenters. The minimum Gasteiger partial charge on any atom is -0.326 e. The predicted molar refractivity (Wildman–Crippen MR) is 75.9 cm³/mol. The maximum Gasteiger partial charge on any atom is 0.181 e. The first-order valence-corrected chi connectivity index (χ1v) is 6.85. The molecule has 2 N–H and O–H groups in total. The molecule has 0 radical (unpaired) electrons. The highest BCUT2D eigenvalue weighted by molar-refractivity contribution is 5.57. The summed E-state index contributed by atoms with van der Waals surface area (Å²) < 4.78 is 2.00. The SMILES string of the molecule is Cc1ccc(-c2nc3n(n2)C(C)C(N)CC3)cc1C. The zero-order valence-electron chi connectivity index (χ0n) is 11.7. The molecule has 4 nitrogen and oxygen atoms in total. The highest BCUT2D eigenvalue weighted by Gasteiger charge is 2.26. The summed E-state index contributed by atoms with van der Waals surface area (Å²) in [5.74, 6) is 1.88. The minimum atomic E-state index is 0.182. The third-order valence-electron chi connectivity index (χ3n) is 4.17. The lowest BCUT2D eigenvalue weighted by Gasteiger charge is -2.25. The highest BCUT2D eigenvalue weighted by atomic mass is 15.4. The van der Waals surface area contributed by atoms with E-state index in [1.165, 1.54) is 11.1 Å². The fourth-order valence-electron chi connectivity index (χ4n) is 2.57. The summed E-state index contributed by atoms with van der Waals surface area (Å²) >= 11 is 0. The van der Waals surface area contributed by atoms with Crippen molar-refractivity contribution in [3.05, 3.63) is 35.2 Å². The van der Waals surface area contributed by atoms with Crippen LogP contribution >= 0.6 is 0 Å². The number of fused-ring (bicyclic) bond motifs is 1. The Kier molecular flexibility index (Phi) is 2.90. The van der Waals surface area contributed by atoms with Crippen molar-refractivity contribution in [2.24, 2.45) is 5.73 Å². The first-order valence-electron chi connectivity index (χ1n) is 6.85. The van der Waals surface area contributed by atoms with Crippen LogP contribution in [-0.4, -0.2) is 20.8 Å². The molecule has 1 aliphatic heterocycles. The third kappa shape index (κ3) is 2.06. The first kappa shape index (κ1) is 12.4. The fourth-order valence-corrected chi connectivity index (χ4v) is 2.57. The van der Waals surface area contributed by atoms with Crippen LogP contribution in [0, 0.1) is 13.8 Å². The van der Waals surface area contributed by atoms with Gasteiger partial charge in [-0.2, -0.15) is 5.10 Å². The largest absolute Gasteiger partial charge is 0.326 e. The summed E-state index contributed by atoms with van der Waals surface area (Å²) in [4.78, 5) is 4.67. The lowest BCUT2D eigenvalue weighted by atomic mass is 10.0. The molecule has 0 saturated heterocycles. The molecule has 4 heteroatoms. The lowest BCUT2D eigenvalue weighted by Crippen LogP contribution is -2.36. The number of aromatic nitrogens is 3. The van der Waals surface area contributed by atoms with Gasteiger partial charge in [0.05, 0.1) is 6.04 Å². The Labute approximate surface area is 113 Å². The molecule has 0 fully saturated rings. The molecule has 0 saturated carbocycles. The van der Waals surface area contributed by atoms with Crippen LogP contribution in [-0.2, 0) is 6.42 Å². The Morgan fingerprint density at radius 2 is 2.05 bits per heavy atom. The van der Waals surface area contributed by atoms with Gasteiger partial charge in [0.2, 0.25) is 0 Å². The van der Waals surface area contributed by atoms with Gasteiger partial charge in [0.25, 0.3) is 0 Å². The van der Waals surface area contributed by atoms with Gasteiger partial charge in [0.15, 0.2) is 5.82 Å². The monoisotopic (exact) mass is 256 g/mol. The van der Waals surface area contributed by atoms with Gasteiger partial charge >= 0.3 is 0 Å². The molecule has 0 bridgehead atoms. The van der Waals surface area contributed by atoms with Gasteiger partial charge in [-0.3, -0.25) is 0 Å². The van der Waals surface area contributed by atoms with Crippen LogP contribution in [0.3, 0.4) is 0 Å². The van der Waals surface area contributed by atoms with Crippen molar-refractivity contribution in [3.8, 4) is 11.4 Å². The number of aryl methyl sites for hydroxylation is 3. The second kappa shape index (κ2) is 4.46. The molecule has 3 rings (SSSR count). The summed E-state index contributed by atoms with van der Waals surface area (Å²) in [5, 5.41) is 4.65. The highest BCUT2D eigenvalue weighted by Crippen LogP contribution is 2.26. The Balaban J connectivity index is 2.03. The van der Waals surface area contributed by atoms with Crippen molar-refractivity contribution < 1.29 is 0 Å². The second-order valence-corrected chi connectivity index (χ2v) is 5.54. The van der Waals surface area contributed by atoms with E-state index in [0.29, 0.717) is 0 Å². The van der Waals surface area contributed by atoms with Crippen LogP contribution in [0.15, 0.2) is 18.2 Å². The van der Waals surface area contributed by atoms with E-state index in [4.69, 9.17) is 5.73 Å². The standard InChI is InChI=1S/C15H20N4/c1-9-4-5-12(8-10(9)2)15-17-14-7-6-13(16)11(3)19(14)18-15/h4-5,8,11,13H,6-7,16H2,1-3H3. The third-order valence-corrected chi connectivity index (χ3v) is 4.17. The van der Waals surface area contributed by atoms with E-state index in [0.717, 1.165) is 30.1 Å². The summed E-state index contributed by atoms with van der Waals surface area (Å²) in [6.45, 7) is 6.35. The van der Waals surface area contributed by atoms with Gasteiger partial charge in [-0.1, -0.05) is 12.1 Å². The molecular weight excluding hydrogens is 236 g/mol. The van der Waals surface area contributed by atoms with E-state index in [2.05, 4.69) is 49.1 Å². The van der Waals surface area contributed by atoms with E-state index in [-0.39, 0.29) is 12.1 Å². The van der Waals surface area contributed by atoms with Crippen LogP contribution in [0.4, 0.5) is 0 Å². The normalized spacial score (nSPS) is 22.3. The summed E-state index contributed by atoms with van der Waals surface area (Å²) in [6, 6.07) is 6.79. The van der Waals surface area contributed by atoms with Crippen LogP contribution < -0.4 is 5.73 Å². The van der Waals surface area contributed by atoms with E-state index >= 15 is 0 Å². The zero-order valence-corrected chi connectivity index (χ0v) is 11.7. The molecule has 1 aromatic heterocycles. The second-order valence-electron chi connectivity index (χ2n) is 5.54. The topological polar surface area (TPSA) is 56.7 Å². The van der Waals surface area contributed by atoms with Crippen molar-refractivity contribution in [1.82, 2.24) is 14.8 Å². The Morgan fingerprint density at radius 1 is 1.26 bits per heavy atom. The molecule has 0 aliphatic carbocycles. The number of hydrogen-bond acceptors (Lipinski definition) is 3. The Bertz CT molecular complexity index is 615. The maximum absolute atomic E-state index is 6.10. The average Bonchev–Trinajstić information content (AvgIpc) is 2.82. The molecule has 2 atom stereocenters. The van der Waals surface area contributed by atoms with Crippen LogP contribution in [0.1, 0.15) is 36.3 Å². The van der Waals surface area contributed by atoms with Gasteiger partial charge in [-0.25, -0.2) is 9.67 Å². The number of hydrogen-bond donors (Lipinski definition) is 1. The van der Waals surface area contributed by atoms with Crippen LogP contribution in [0.2, 0.25) is 0 Å². The molecule has 1 aromatic carbocycles. The first-order chi connectivity index (χ1) is 9.06. The molecule has 0 spiro atoms. The minimum absolute atomic E-state index is 0.182. The fraction of sp³-hybridized carbons (Fsp3) is 0.467. The van der Waals surface area contributed by atoms with Crippen molar-refractivity contribution in [3.63, 3.8) is 0 Å². The van der Waals surface area contributed by atoms with Crippen molar-refractivity contribution in [1.29, 1.82) is 0 Å². The maximum atomic E-state index is 6.10. The molecule has 2 aromatic rings. The summed E-state index contributed by atoms with van der Waals surface area (Å²) in [6.07, 6.45) is 1.91. The Morgan fingerprint density at radius 3 is 2.79 bits per heavy atom. The molecule has 1 aliphatic rings. The van der Waals surface area contributed by atoms with Gasteiger partial charge in [0.1, 0.15) is 5.82 Å². The van der Waals surface area contributed by atoms with E-state index in [1.54, 1.807) is 0 Å². The molecule has 2 heterocycles. The van der Waals surface area contributed by atoms with Gasteiger partial charge in [-0.05, 0) is 44.4 Å². The molecular formula is C15H20N4. The number of nitrogens with zero attached hydrogens (tertiary/aromatic N) is 3. The number of benzene rings is 1. The smallest absolute Gasteiger partial charge is 0.181 e. The van der Waals surface area contributed by atoms with Crippen molar-refractivity contribution >= 4 is 0 Å². The quantitative estimate of drug-likeness (QED) is 0.852. The van der Waals surface area contributed by atoms with Crippen molar-refractivity contribution in [2.45, 2.75) is 45.7 Å². The molecule has 0 amide bonds. The van der Waals surface area contributed by atoms with Gasteiger partial charge < -0.3 is 5.73 Å². The number of nitrogens with two attached hydrogens (primary N) is 1. The van der Waals surface area contributed by atoms with Gasteiger partial charge in [-0.15, -0.1) is 0 Å². The zero-order chi connectivity index (χ0) is 13.6. The van der Waals surface area contributed by atoms with Gasteiger partial charge in [0, 0.05) is 18.0 Å². The van der Waals surface area contributed by atoms with Crippen LogP contribution in [0.5, 0.6) is 0 Å². The summed E-state index contributed by atoms with van der Waals surface area (Å²) in [5.41, 5.74) is 9.75. The molecule has 19 heavy (non-hydrogen) atoms.